The molecule has 0 unspecified atom stereocenters. The van der Waals surface area contributed by atoms with Crippen molar-refractivity contribution in [3.05, 3.63) is 35.3 Å². The monoisotopic (exact) mass is 345 g/mol. The van der Waals surface area contributed by atoms with E-state index < -0.39 is 5.60 Å². The number of carbonyl (C=O) groups excluding carboxylic acids is 2. The third-order valence-electron chi connectivity index (χ3n) is 5.20. The number of aromatic amines is 1. The molecule has 6 nitrogen and oxygen atoms in total. The zero-order valence-corrected chi connectivity index (χ0v) is 14.3. The number of rotatable bonds is 1. The number of aromatic nitrogens is 1. The van der Waals surface area contributed by atoms with Gasteiger partial charge in [0, 0.05) is 24.5 Å². The van der Waals surface area contributed by atoms with Gasteiger partial charge in [-0.1, -0.05) is 0 Å². The number of H-pyrrole nitrogens is 1. The van der Waals surface area contributed by atoms with Gasteiger partial charge in [0.2, 0.25) is 0 Å². The molecule has 25 heavy (non-hydrogen) atoms. The summed E-state index contributed by atoms with van der Waals surface area (Å²) in [5, 5.41) is 0.710. The van der Waals surface area contributed by atoms with Crippen molar-refractivity contribution in [3.8, 4) is 0 Å². The molecule has 0 radical (unpaired) electrons. The third-order valence-corrected chi connectivity index (χ3v) is 5.20. The number of likely N-dealkylation sites (tertiary alicyclic amines) is 1. The molecule has 2 saturated heterocycles. The molecule has 0 bridgehead atoms. The number of aryl methyl sites for hydroxylation is 1. The van der Waals surface area contributed by atoms with Gasteiger partial charge >= 0.3 is 6.09 Å². The molecule has 2 amide bonds. The first-order valence-corrected chi connectivity index (χ1v) is 8.40. The predicted octanol–water partition coefficient (Wildman–Crippen LogP) is 2.67. The maximum Gasteiger partial charge on any atom is 0.410 e. The molecule has 2 aromatic rings. The van der Waals surface area contributed by atoms with E-state index in [4.69, 9.17) is 4.74 Å². The number of amides is 2. The van der Waals surface area contributed by atoms with Crippen LogP contribution < -0.4 is 0 Å². The molecule has 3 heterocycles. The Hall–Kier alpha value is -2.57. The largest absolute Gasteiger partial charge is 0.439 e. The van der Waals surface area contributed by atoms with E-state index in [-0.39, 0.29) is 17.8 Å². The number of ether oxygens (including phenoxy) is 1. The van der Waals surface area contributed by atoms with Crippen molar-refractivity contribution >= 4 is 22.9 Å². The molecule has 4 rings (SSSR count). The highest BCUT2D eigenvalue weighted by atomic mass is 19.1. The first-order valence-electron chi connectivity index (χ1n) is 8.40. The molecule has 2 aliphatic heterocycles. The average molecular weight is 345 g/mol. The van der Waals surface area contributed by atoms with E-state index in [1.807, 2.05) is 6.92 Å². The summed E-state index contributed by atoms with van der Waals surface area (Å²) in [4.78, 5) is 31.2. The lowest BCUT2D eigenvalue weighted by Gasteiger charge is -2.38. The Morgan fingerprint density at radius 3 is 2.88 bits per heavy atom. The number of hydrogen-bond acceptors (Lipinski definition) is 3. The Kier molecular flexibility index (Phi) is 3.49. The summed E-state index contributed by atoms with van der Waals surface area (Å²) in [6.07, 6.45) is 1.19. The van der Waals surface area contributed by atoms with Gasteiger partial charge in [-0.25, -0.2) is 9.18 Å². The van der Waals surface area contributed by atoms with Crippen LogP contribution in [0, 0.1) is 12.7 Å². The number of benzene rings is 1. The van der Waals surface area contributed by atoms with Crippen LogP contribution in [0.1, 0.15) is 28.9 Å². The Balaban J connectivity index is 1.63. The molecule has 1 aromatic heterocycles. The van der Waals surface area contributed by atoms with Crippen LogP contribution in [0.15, 0.2) is 18.2 Å². The molecule has 1 atom stereocenters. The summed E-state index contributed by atoms with van der Waals surface area (Å²) in [6, 6.07) is 4.44. The number of halogens is 1. The van der Waals surface area contributed by atoms with Crippen LogP contribution in [0.2, 0.25) is 0 Å². The number of piperidine rings is 1. The normalized spacial score (nSPS) is 23.6. The van der Waals surface area contributed by atoms with E-state index in [0.29, 0.717) is 30.7 Å². The topological polar surface area (TPSA) is 65.6 Å². The number of carbonyl (C=O) groups is 2. The fraction of sp³-hybridized carbons (Fsp3) is 0.444. The van der Waals surface area contributed by atoms with Gasteiger partial charge in [0.05, 0.1) is 13.1 Å². The lowest BCUT2D eigenvalue weighted by Crippen LogP contribution is -2.52. The van der Waals surface area contributed by atoms with E-state index in [0.717, 1.165) is 23.9 Å². The molecule has 1 aromatic carbocycles. The van der Waals surface area contributed by atoms with Crippen LogP contribution in [0.25, 0.3) is 10.9 Å². The van der Waals surface area contributed by atoms with Crippen molar-refractivity contribution < 1.29 is 18.7 Å². The van der Waals surface area contributed by atoms with Crippen LogP contribution in [-0.4, -0.2) is 59.1 Å². The lowest BCUT2D eigenvalue weighted by atomic mass is 9.92. The van der Waals surface area contributed by atoms with Gasteiger partial charge in [0.15, 0.2) is 0 Å². The van der Waals surface area contributed by atoms with E-state index in [1.165, 1.54) is 12.1 Å². The van der Waals surface area contributed by atoms with Crippen molar-refractivity contribution in [1.82, 2.24) is 14.8 Å². The number of nitrogens with zero attached hydrogens (tertiary/aromatic N) is 2. The van der Waals surface area contributed by atoms with Gasteiger partial charge in [-0.15, -0.1) is 0 Å². The van der Waals surface area contributed by atoms with Gasteiger partial charge in [-0.3, -0.25) is 4.79 Å². The number of fused-ring (bicyclic) bond motifs is 1. The molecule has 1 spiro atoms. The van der Waals surface area contributed by atoms with Crippen molar-refractivity contribution in [3.63, 3.8) is 0 Å². The second-order valence-electron chi connectivity index (χ2n) is 7.05. The van der Waals surface area contributed by atoms with E-state index in [1.54, 1.807) is 22.9 Å². The van der Waals surface area contributed by atoms with Gasteiger partial charge < -0.3 is 19.5 Å². The molecule has 0 aliphatic carbocycles. The highest BCUT2D eigenvalue weighted by Crippen LogP contribution is 2.32. The summed E-state index contributed by atoms with van der Waals surface area (Å²) >= 11 is 0. The Labute approximate surface area is 144 Å². The summed E-state index contributed by atoms with van der Waals surface area (Å²) < 4.78 is 19.0. The molecule has 7 heteroatoms. The Morgan fingerprint density at radius 1 is 1.36 bits per heavy atom. The number of nitrogens with one attached hydrogen (secondary N) is 1. The van der Waals surface area contributed by atoms with Crippen LogP contribution in [0.3, 0.4) is 0 Å². The SMILES string of the molecule is Cc1c(C(=O)N2CCC[C@]3(CN(C)C(=O)O3)C2)[nH]c2ccc(F)cc12. The van der Waals surface area contributed by atoms with E-state index in [2.05, 4.69) is 4.98 Å². The molecule has 2 fully saturated rings. The minimum atomic E-state index is -0.619. The predicted molar refractivity (Wildman–Crippen MR) is 90.0 cm³/mol. The maximum absolute atomic E-state index is 13.5. The standard InChI is InChI=1S/C18H20FN3O3/c1-11-13-8-12(19)4-5-14(13)20-15(11)16(23)22-7-3-6-18(10-22)9-21(2)17(24)25-18/h4-5,8,20H,3,6-7,9-10H2,1-2H3/t18-/m0/s1. The fourth-order valence-corrected chi connectivity index (χ4v) is 3.95. The maximum atomic E-state index is 13.5. The second kappa shape index (κ2) is 5.47. The van der Waals surface area contributed by atoms with Crippen LogP contribution >= 0.6 is 0 Å². The minimum absolute atomic E-state index is 0.140. The smallest absolute Gasteiger partial charge is 0.410 e. The number of likely N-dealkylation sites (N-methyl/N-ethyl adjacent to an activating group) is 1. The molecule has 2 aliphatic rings. The van der Waals surface area contributed by atoms with Crippen molar-refractivity contribution in [2.45, 2.75) is 25.4 Å². The fourth-order valence-electron chi connectivity index (χ4n) is 3.95. The second-order valence-corrected chi connectivity index (χ2v) is 7.05. The van der Waals surface area contributed by atoms with Gasteiger partial charge in [-0.2, -0.15) is 0 Å². The van der Waals surface area contributed by atoms with Crippen LogP contribution in [0.4, 0.5) is 9.18 Å². The first kappa shape index (κ1) is 15.9. The van der Waals surface area contributed by atoms with E-state index in [9.17, 15) is 14.0 Å². The van der Waals surface area contributed by atoms with Crippen LogP contribution in [0.5, 0.6) is 0 Å². The zero-order valence-electron chi connectivity index (χ0n) is 14.3. The molecule has 1 N–H and O–H groups in total. The molecule has 132 valence electrons. The minimum Gasteiger partial charge on any atom is -0.439 e. The van der Waals surface area contributed by atoms with Gasteiger partial charge in [0.1, 0.15) is 17.1 Å². The average Bonchev–Trinajstić information content (AvgIpc) is 3.04. The number of hydrogen-bond donors (Lipinski definition) is 1. The van der Waals surface area contributed by atoms with E-state index >= 15 is 0 Å². The summed E-state index contributed by atoms with van der Waals surface area (Å²) in [5.41, 5.74) is 1.32. The quantitative estimate of drug-likeness (QED) is 0.864. The Morgan fingerprint density at radius 2 is 2.16 bits per heavy atom. The highest BCUT2D eigenvalue weighted by Gasteiger charge is 2.47. The van der Waals surface area contributed by atoms with Crippen molar-refractivity contribution in [1.29, 1.82) is 0 Å². The van der Waals surface area contributed by atoms with Crippen molar-refractivity contribution in [2.75, 3.05) is 26.7 Å². The Bertz CT molecular complexity index is 878. The molecule has 0 saturated carbocycles. The summed E-state index contributed by atoms with van der Waals surface area (Å²) in [6.45, 7) is 3.30. The molecular weight excluding hydrogens is 325 g/mol. The zero-order chi connectivity index (χ0) is 17.8. The van der Waals surface area contributed by atoms with Gasteiger partial charge in [0.25, 0.3) is 5.91 Å². The lowest BCUT2D eigenvalue weighted by molar-refractivity contribution is -0.00540. The van der Waals surface area contributed by atoms with Gasteiger partial charge in [-0.05, 0) is 43.5 Å². The molecular formula is C18H20FN3O3. The summed E-state index contributed by atoms with van der Waals surface area (Å²) in [7, 11) is 1.70. The highest BCUT2D eigenvalue weighted by molar-refractivity contribution is 6.01. The summed E-state index contributed by atoms with van der Waals surface area (Å²) in [5.74, 6) is -0.467. The van der Waals surface area contributed by atoms with Crippen molar-refractivity contribution in [2.24, 2.45) is 0 Å². The first-order chi connectivity index (χ1) is 11.9. The third kappa shape index (κ3) is 2.54. The van der Waals surface area contributed by atoms with Crippen LogP contribution in [-0.2, 0) is 4.74 Å².